The lowest BCUT2D eigenvalue weighted by atomic mass is 9.88. The summed E-state index contributed by atoms with van der Waals surface area (Å²) in [6.45, 7) is 3.40. The maximum absolute atomic E-state index is 11.6. The van der Waals surface area contributed by atoms with Gasteiger partial charge in [-0.25, -0.2) is 0 Å². The van der Waals surface area contributed by atoms with Crippen LogP contribution in [0.5, 0.6) is 0 Å². The summed E-state index contributed by atoms with van der Waals surface area (Å²) in [6, 6.07) is 17.2. The van der Waals surface area contributed by atoms with Crippen LogP contribution in [-0.4, -0.2) is 10.9 Å². The molecule has 0 saturated carbocycles. The molecule has 20 heavy (non-hydrogen) atoms. The summed E-state index contributed by atoms with van der Waals surface area (Å²) in [5.41, 5.74) is 1.76. The van der Waals surface area contributed by atoms with E-state index >= 15 is 0 Å². The predicted octanol–water partition coefficient (Wildman–Crippen LogP) is 3.73. The van der Waals surface area contributed by atoms with Gasteiger partial charge in [0.15, 0.2) is 5.78 Å². The van der Waals surface area contributed by atoms with Gasteiger partial charge < -0.3 is 5.11 Å². The number of carbonyl (C=O) groups excluding carboxylic acids is 1. The number of hydrogen-bond donors (Lipinski definition) is 1. The summed E-state index contributed by atoms with van der Waals surface area (Å²) < 4.78 is 0. The highest BCUT2D eigenvalue weighted by molar-refractivity contribution is 5.95. The van der Waals surface area contributed by atoms with E-state index in [0.717, 1.165) is 16.7 Å². The molecule has 0 saturated heterocycles. The first kappa shape index (κ1) is 14.5. The van der Waals surface area contributed by atoms with Crippen molar-refractivity contribution >= 4 is 5.78 Å². The first-order valence-electron chi connectivity index (χ1n) is 6.87. The molecule has 2 aromatic carbocycles. The summed E-state index contributed by atoms with van der Waals surface area (Å²) in [5, 5.41) is 10.6. The minimum absolute atomic E-state index is 0.0694. The lowest BCUT2D eigenvalue weighted by Gasteiger charge is -2.24. The molecule has 0 amide bonds. The Morgan fingerprint density at radius 1 is 1.05 bits per heavy atom. The van der Waals surface area contributed by atoms with Crippen molar-refractivity contribution in [3.63, 3.8) is 0 Å². The number of carbonyl (C=O) groups is 1. The van der Waals surface area contributed by atoms with Gasteiger partial charge in [-0.1, -0.05) is 54.6 Å². The lowest BCUT2D eigenvalue weighted by molar-refractivity contribution is 0.0479. The molecule has 2 nitrogen and oxygen atoms in total. The van der Waals surface area contributed by atoms with E-state index in [4.69, 9.17) is 0 Å². The topological polar surface area (TPSA) is 37.3 Å². The van der Waals surface area contributed by atoms with Crippen molar-refractivity contribution < 1.29 is 9.90 Å². The lowest BCUT2D eigenvalue weighted by Crippen LogP contribution is -2.22. The highest BCUT2D eigenvalue weighted by Crippen LogP contribution is 2.26. The molecule has 0 radical (unpaired) electrons. The third-order valence-corrected chi connectivity index (χ3v) is 3.67. The van der Waals surface area contributed by atoms with Crippen LogP contribution in [0, 0.1) is 0 Å². The fourth-order valence-electron chi connectivity index (χ4n) is 2.40. The smallest absolute Gasteiger partial charge is 0.160 e. The molecule has 0 aromatic heterocycles. The van der Waals surface area contributed by atoms with Gasteiger partial charge in [-0.2, -0.15) is 0 Å². The Hall–Kier alpha value is -1.93. The molecule has 2 aromatic rings. The average Bonchev–Trinajstić information content (AvgIpc) is 2.46. The minimum atomic E-state index is -0.884. The van der Waals surface area contributed by atoms with Crippen molar-refractivity contribution in [2.45, 2.75) is 32.3 Å². The van der Waals surface area contributed by atoms with Crippen molar-refractivity contribution in [2.75, 3.05) is 0 Å². The maximum atomic E-state index is 11.6. The molecule has 0 spiro atoms. The second-order valence-electron chi connectivity index (χ2n) is 5.35. The molecule has 0 aliphatic rings. The maximum Gasteiger partial charge on any atom is 0.160 e. The van der Waals surface area contributed by atoms with E-state index in [1.54, 1.807) is 6.92 Å². The molecule has 0 aliphatic heterocycles. The summed E-state index contributed by atoms with van der Waals surface area (Å²) in [5.74, 6) is 0.0694. The van der Waals surface area contributed by atoms with Gasteiger partial charge in [-0.05, 0) is 37.8 Å². The van der Waals surface area contributed by atoms with Crippen LogP contribution in [-0.2, 0) is 12.0 Å². The molecule has 0 fully saturated rings. The molecule has 2 heteroatoms. The first-order chi connectivity index (χ1) is 9.50. The van der Waals surface area contributed by atoms with E-state index in [9.17, 15) is 9.90 Å². The number of benzene rings is 2. The Morgan fingerprint density at radius 2 is 1.65 bits per heavy atom. The summed E-state index contributed by atoms with van der Waals surface area (Å²) in [4.78, 5) is 11.6. The van der Waals surface area contributed by atoms with Gasteiger partial charge in [0, 0.05) is 5.56 Å². The van der Waals surface area contributed by atoms with Crippen LogP contribution in [0.25, 0.3) is 0 Å². The van der Waals surface area contributed by atoms with Crippen LogP contribution in [0.15, 0.2) is 54.6 Å². The molecule has 1 atom stereocenters. The molecule has 1 unspecified atom stereocenters. The zero-order valence-electron chi connectivity index (χ0n) is 12.0. The fraction of sp³-hybridized carbons (Fsp3) is 0.278. The molecule has 1 N–H and O–H groups in total. The van der Waals surface area contributed by atoms with Gasteiger partial charge in [0.1, 0.15) is 0 Å². The van der Waals surface area contributed by atoms with Gasteiger partial charge in [0.2, 0.25) is 0 Å². The Bertz CT molecular complexity index is 585. The van der Waals surface area contributed by atoms with Gasteiger partial charge >= 0.3 is 0 Å². The molecule has 104 valence electrons. The summed E-state index contributed by atoms with van der Waals surface area (Å²) in [7, 11) is 0. The normalized spacial score (nSPS) is 13.8. The quantitative estimate of drug-likeness (QED) is 0.839. The van der Waals surface area contributed by atoms with E-state index in [1.807, 2.05) is 61.5 Å². The number of Topliss-reactive ketones (excluding diaryl/α,β-unsaturated/α-hetero) is 1. The van der Waals surface area contributed by atoms with Crippen LogP contribution < -0.4 is 0 Å². The molecular weight excluding hydrogens is 248 g/mol. The van der Waals surface area contributed by atoms with Crippen molar-refractivity contribution in [1.29, 1.82) is 0 Å². The fourth-order valence-corrected chi connectivity index (χ4v) is 2.40. The van der Waals surface area contributed by atoms with Crippen LogP contribution in [0.4, 0.5) is 0 Å². The monoisotopic (exact) mass is 268 g/mol. The minimum Gasteiger partial charge on any atom is -0.385 e. The van der Waals surface area contributed by atoms with E-state index in [2.05, 4.69) is 0 Å². The average molecular weight is 268 g/mol. The van der Waals surface area contributed by atoms with Gasteiger partial charge in [0.25, 0.3) is 0 Å². The van der Waals surface area contributed by atoms with Crippen molar-refractivity contribution in [3.05, 3.63) is 71.3 Å². The van der Waals surface area contributed by atoms with Gasteiger partial charge in [0.05, 0.1) is 5.60 Å². The van der Waals surface area contributed by atoms with Crippen molar-refractivity contribution in [3.8, 4) is 0 Å². The molecule has 0 heterocycles. The Labute approximate surface area is 120 Å². The predicted molar refractivity (Wildman–Crippen MR) is 80.8 cm³/mol. The summed E-state index contributed by atoms with van der Waals surface area (Å²) in [6.07, 6.45) is 1.26. The molecule has 2 rings (SSSR count). The third-order valence-electron chi connectivity index (χ3n) is 3.67. The van der Waals surface area contributed by atoms with Crippen LogP contribution >= 0.6 is 0 Å². The molecule has 0 bridgehead atoms. The van der Waals surface area contributed by atoms with Crippen molar-refractivity contribution in [2.24, 2.45) is 0 Å². The van der Waals surface area contributed by atoms with Crippen LogP contribution in [0.2, 0.25) is 0 Å². The van der Waals surface area contributed by atoms with E-state index < -0.39 is 5.60 Å². The number of aryl methyl sites for hydroxylation is 1. The second-order valence-corrected chi connectivity index (χ2v) is 5.35. The van der Waals surface area contributed by atoms with Gasteiger partial charge in [-0.15, -0.1) is 0 Å². The molecule has 0 aliphatic carbocycles. The van der Waals surface area contributed by atoms with E-state index in [-0.39, 0.29) is 5.78 Å². The Kier molecular flexibility index (Phi) is 4.35. The second kappa shape index (κ2) is 6.02. The zero-order chi connectivity index (χ0) is 14.6. The molecular formula is C18H20O2. The van der Waals surface area contributed by atoms with E-state index in [1.165, 1.54) is 0 Å². The highest BCUT2D eigenvalue weighted by Gasteiger charge is 2.23. The SMILES string of the molecule is CC(=O)c1ccccc1CCC(C)(O)c1ccccc1. The largest absolute Gasteiger partial charge is 0.385 e. The third kappa shape index (κ3) is 3.34. The summed E-state index contributed by atoms with van der Waals surface area (Å²) >= 11 is 0. The Morgan fingerprint density at radius 3 is 2.30 bits per heavy atom. The van der Waals surface area contributed by atoms with Gasteiger partial charge in [-0.3, -0.25) is 4.79 Å². The van der Waals surface area contributed by atoms with Crippen molar-refractivity contribution in [1.82, 2.24) is 0 Å². The van der Waals surface area contributed by atoms with Crippen LogP contribution in [0.3, 0.4) is 0 Å². The zero-order valence-corrected chi connectivity index (χ0v) is 12.0. The highest BCUT2D eigenvalue weighted by atomic mass is 16.3. The Balaban J connectivity index is 2.15. The number of hydrogen-bond acceptors (Lipinski definition) is 2. The number of rotatable bonds is 5. The number of ketones is 1. The standard InChI is InChI=1S/C18H20O2/c1-14(19)17-11-7-6-8-15(17)12-13-18(2,20)16-9-4-3-5-10-16/h3-11,20H,12-13H2,1-2H3. The number of aliphatic hydroxyl groups is 1. The van der Waals surface area contributed by atoms with Crippen LogP contribution in [0.1, 0.15) is 41.8 Å². The van der Waals surface area contributed by atoms with E-state index in [0.29, 0.717) is 12.8 Å². The first-order valence-corrected chi connectivity index (χ1v) is 6.87.